The fourth-order valence-corrected chi connectivity index (χ4v) is 3.95. The molecule has 2 aromatic rings. The van der Waals surface area contributed by atoms with Gasteiger partial charge in [-0.05, 0) is 62.8 Å². The number of carbonyl (C=O) groups is 4. The Morgan fingerprint density at radius 1 is 1.03 bits per heavy atom. The van der Waals surface area contributed by atoms with Gasteiger partial charge in [0, 0.05) is 35.6 Å². The third-order valence-corrected chi connectivity index (χ3v) is 5.63. The van der Waals surface area contributed by atoms with Gasteiger partial charge in [0.05, 0.1) is 5.56 Å². The van der Waals surface area contributed by atoms with Gasteiger partial charge in [-0.2, -0.15) is 16.8 Å². The lowest BCUT2D eigenvalue weighted by molar-refractivity contribution is 0.0339. The number of carbonyl (C=O) groups excluding carboxylic acids is 4. The zero-order valence-corrected chi connectivity index (χ0v) is 18.3. The Balaban J connectivity index is 1.63. The summed E-state index contributed by atoms with van der Waals surface area (Å²) in [6.07, 6.45) is 2.07. The average Bonchev–Trinajstić information content (AvgIpc) is 3.32. The molecule has 4 amide bonds. The normalized spacial score (nSPS) is 13.6. The van der Waals surface area contributed by atoms with E-state index in [4.69, 9.17) is 4.84 Å². The number of nitrogens with one attached hydrogen (secondary N) is 1. The van der Waals surface area contributed by atoms with Crippen molar-refractivity contribution in [3.8, 4) is 0 Å². The van der Waals surface area contributed by atoms with Crippen molar-refractivity contribution in [1.29, 1.82) is 0 Å². The van der Waals surface area contributed by atoms with Gasteiger partial charge in [-0.1, -0.05) is 6.07 Å². The third kappa shape index (κ3) is 5.49. The Kier molecular flexibility index (Phi) is 7.41. The summed E-state index contributed by atoms with van der Waals surface area (Å²) in [5.41, 5.74) is 3.02. The van der Waals surface area contributed by atoms with Crippen LogP contribution in [0.25, 0.3) is 0 Å². The minimum absolute atomic E-state index is 0.126. The van der Waals surface area contributed by atoms with Gasteiger partial charge < -0.3 is 9.74 Å². The molecule has 1 fully saturated rings. The van der Waals surface area contributed by atoms with Crippen molar-refractivity contribution in [2.24, 2.45) is 0 Å². The van der Waals surface area contributed by atoms with E-state index in [1.165, 1.54) is 23.5 Å². The number of benzene rings is 1. The number of piperidine rings is 1. The SMILES string of the molecule is CC(C)N(C(=O)ONC(=O)c1cccc(C(=O)N2CCCCC2)c1)C(=O)c1ccsc1. The van der Waals surface area contributed by atoms with E-state index < -0.39 is 23.9 Å². The highest BCUT2D eigenvalue weighted by Gasteiger charge is 2.28. The van der Waals surface area contributed by atoms with E-state index in [1.807, 2.05) is 0 Å². The molecule has 0 bridgehead atoms. The second kappa shape index (κ2) is 10.2. The third-order valence-electron chi connectivity index (χ3n) is 4.95. The van der Waals surface area contributed by atoms with Crippen LogP contribution in [0, 0.1) is 0 Å². The maximum absolute atomic E-state index is 12.7. The second-order valence-electron chi connectivity index (χ2n) is 7.51. The first-order valence-electron chi connectivity index (χ1n) is 10.1. The molecule has 1 aromatic heterocycles. The number of likely N-dealkylation sites (tertiary alicyclic amines) is 1. The van der Waals surface area contributed by atoms with Gasteiger partial charge >= 0.3 is 6.09 Å². The predicted molar refractivity (Wildman–Crippen MR) is 116 cm³/mol. The van der Waals surface area contributed by atoms with Gasteiger partial charge in [0.2, 0.25) is 0 Å². The fraction of sp³-hybridized carbons (Fsp3) is 0.364. The number of hydrogen-bond donors (Lipinski definition) is 1. The van der Waals surface area contributed by atoms with Crippen LogP contribution < -0.4 is 5.48 Å². The Morgan fingerprint density at radius 2 is 1.74 bits per heavy atom. The molecule has 9 heteroatoms. The van der Waals surface area contributed by atoms with Crippen LogP contribution in [-0.4, -0.2) is 52.7 Å². The van der Waals surface area contributed by atoms with Gasteiger partial charge in [0.1, 0.15) is 0 Å². The van der Waals surface area contributed by atoms with E-state index in [0.29, 0.717) is 24.2 Å². The molecule has 1 aromatic carbocycles. The van der Waals surface area contributed by atoms with Gasteiger partial charge in [-0.3, -0.25) is 14.4 Å². The van der Waals surface area contributed by atoms with Crippen molar-refractivity contribution >= 4 is 35.2 Å². The van der Waals surface area contributed by atoms with Crippen LogP contribution in [0.1, 0.15) is 64.2 Å². The lowest BCUT2D eigenvalue weighted by Crippen LogP contribution is -2.44. The van der Waals surface area contributed by atoms with Gasteiger partial charge in [0.25, 0.3) is 17.7 Å². The molecular weight excluding hydrogens is 418 g/mol. The molecule has 0 spiro atoms. The summed E-state index contributed by atoms with van der Waals surface area (Å²) >= 11 is 1.34. The van der Waals surface area contributed by atoms with Crippen molar-refractivity contribution in [3.05, 3.63) is 57.8 Å². The molecule has 0 atom stereocenters. The summed E-state index contributed by atoms with van der Waals surface area (Å²) in [6, 6.07) is 7.39. The van der Waals surface area contributed by atoms with E-state index in [0.717, 1.165) is 24.2 Å². The van der Waals surface area contributed by atoms with Gasteiger partial charge in [-0.25, -0.2) is 9.69 Å². The Bertz CT molecular complexity index is 952. The molecule has 0 radical (unpaired) electrons. The number of thiophene rings is 1. The standard InChI is InChI=1S/C22H25N3O5S/c1-15(2)25(21(28)18-9-12-31-14-18)22(29)30-23-19(26)16-7-6-8-17(13-16)20(27)24-10-4-3-5-11-24/h6-9,12-15H,3-5,10-11H2,1-2H3,(H,23,26). The van der Waals surface area contributed by atoms with E-state index in [2.05, 4.69) is 5.48 Å². The lowest BCUT2D eigenvalue weighted by Gasteiger charge is -2.26. The zero-order valence-electron chi connectivity index (χ0n) is 17.5. The zero-order chi connectivity index (χ0) is 22.4. The molecule has 1 saturated heterocycles. The van der Waals surface area contributed by atoms with E-state index in [-0.39, 0.29) is 11.5 Å². The molecule has 3 rings (SSSR count). The number of hydroxylamine groups is 1. The fourth-order valence-electron chi connectivity index (χ4n) is 3.32. The molecule has 0 unspecified atom stereocenters. The maximum atomic E-state index is 12.7. The van der Waals surface area contributed by atoms with Gasteiger partial charge in [-0.15, -0.1) is 0 Å². The molecule has 0 saturated carbocycles. The van der Waals surface area contributed by atoms with E-state index in [9.17, 15) is 19.2 Å². The molecule has 1 aliphatic heterocycles. The van der Waals surface area contributed by atoms with Crippen LogP contribution in [0.2, 0.25) is 0 Å². The Hall–Kier alpha value is -3.20. The van der Waals surface area contributed by atoms with Crippen LogP contribution in [0.15, 0.2) is 41.1 Å². The second-order valence-corrected chi connectivity index (χ2v) is 8.29. The van der Waals surface area contributed by atoms with Crippen LogP contribution in [0.4, 0.5) is 4.79 Å². The first kappa shape index (κ1) is 22.5. The number of hydrogen-bond acceptors (Lipinski definition) is 6. The van der Waals surface area contributed by atoms with Crippen molar-refractivity contribution in [2.45, 2.75) is 39.2 Å². The average molecular weight is 444 g/mol. The van der Waals surface area contributed by atoms with Crippen molar-refractivity contribution in [1.82, 2.24) is 15.3 Å². The predicted octanol–water partition coefficient (Wildman–Crippen LogP) is 3.71. The molecular formula is C22H25N3O5S. The molecule has 164 valence electrons. The quantitative estimate of drug-likeness (QED) is 0.727. The highest BCUT2D eigenvalue weighted by atomic mass is 32.1. The van der Waals surface area contributed by atoms with E-state index in [1.54, 1.807) is 47.7 Å². The largest absolute Gasteiger partial charge is 0.441 e. The van der Waals surface area contributed by atoms with Crippen LogP contribution >= 0.6 is 11.3 Å². The molecule has 31 heavy (non-hydrogen) atoms. The highest BCUT2D eigenvalue weighted by Crippen LogP contribution is 2.15. The summed E-state index contributed by atoms with van der Waals surface area (Å²) in [5.74, 6) is -1.32. The molecule has 0 aliphatic carbocycles. The first-order chi connectivity index (χ1) is 14.9. The molecule has 1 aliphatic rings. The molecule has 8 nitrogen and oxygen atoms in total. The summed E-state index contributed by atoms with van der Waals surface area (Å²) in [4.78, 5) is 57.7. The lowest BCUT2D eigenvalue weighted by atomic mass is 10.1. The summed E-state index contributed by atoms with van der Waals surface area (Å²) in [7, 11) is 0. The van der Waals surface area contributed by atoms with Crippen molar-refractivity contribution < 1.29 is 24.0 Å². The van der Waals surface area contributed by atoms with Crippen LogP contribution in [0.5, 0.6) is 0 Å². The minimum Gasteiger partial charge on any atom is -0.339 e. The van der Waals surface area contributed by atoms with Gasteiger partial charge in [0.15, 0.2) is 0 Å². The van der Waals surface area contributed by atoms with Crippen molar-refractivity contribution in [2.75, 3.05) is 13.1 Å². The Labute approximate surface area is 184 Å². The monoisotopic (exact) mass is 443 g/mol. The number of imide groups is 1. The molecule has 2 heterocycles. The minimum atomic E-state index is -0.986. The number of nitrogens with zero attached hydrogens (tertiary/aromatic N) is 2. The summed E-state index contributed by atoms with van der Waals surface area (Å²) in [6.45, 7) is 4.75. The van der Waals surface area contributed by atoms with Crippen LogP contribution in [0.3, 0.4) is 0 Å². The first-order valence-corrected chi connectivity index (χ1v) is 11.1. The Morgan fingerprint density at radius 3 is 2.39 bits per heavy atom. The van der Waals surface area contributed by atoms with Crippen molar-refractivity contribution in [3.63, 3.8) is 0 Å². The number of rotatable bonds is 4. The van der Waals surface area contributed by atoms with Crippen LogP contribution in [-0.2, 0) is 4.84 Å². The highest BCUT2D eigenvalue weighted by molar-refractivity contribution is 7.08. The maximum Gasteiger partial charge on any atom is 0.441 e. The smallest absolute Gasteiger partial charge is 0.339 e. The summed E-state index contributed by atoms with van der Waals surface area (Å²) < 4.78 is 0. The molecule has 1 N–H and O–H groups in total. The number of amides is 4. The topological polar surface area (TPSA) is 96.0 Å². The summed E-state index contributed by atoms with van der Waals surface area (Å²) in [5, 5.41) is 3.37. The van der Waals surface area contributed by atoms with E-state index >= 15 is 0 Å².